The molecule has 1 aromatic carbocycles. The molecule has 7 heteroatoms. The van der Waals surface area contributed by atoms with Crippen LogP contribution >= 0.6 is 0 Å². The molecule has 1 aliphatic heterocycles. The van der Waals surface area contributed by atoms with Gasteiger partial charge in [-0.05, 0) is 32.0 Å². The summed E-state index contributed by atoms with van der Waals surface area (Å²) in [6.45, 7) is 3.40. The topological polar surface area (TPSA) is 93.5 Å². The number of aryl methyl sites for hydroxylation is 1. The van der Waals surface area contributed by atoms with Gasteiger partial charge in [0.15, 0.2) is 6.10 Å². The fourth-order valence-corrected chi connectivity index (χ4v) is 1.95. The average Bonchev–Trinajstić information content (AvgIpc) is 2.87. The summed E-state index contributed by atoms with van der Waals surface area (Å²) in [7, 11) is 0. The molecule has 2 amide bonds. The molecule has 2 aromatic rings. The lowest BCUT2D eigenvalue weighted by atomic mass is 10.2. The minimum atomic E-state index is -0.532. The SMILES string of the molecule is Cc1cc(C(=O)Nc2ccc3c(c2)NC(=O)C(C)O3)on1. The van der Waals surface area contributed by atoms with Crippen LogP contribution in [0.4, 0.5) is 11.4 Å². The molecule has 0 bridgehead atoms. The Balaban J connectivity index is 1.80. The van der Waals surface area contributed by atoms with E-state index >= 15 is 0 Å². The first-order chi connectivity index (χ1) is 10.0. The fraction of sp³-hybridized carbons (Fsp3) is 0.214. The highest BCUT2D eigenvalue weighted by Gasteiger charge is 2.23. The lowest BCUT2D eigenvalue weighted by Crippen LogP contribution is -2.34. The van der Waals surface area contributed by atoms with Crippen LogP contribution in [0.1, 0.15) is 23.2 Å². The van der Waals surface area contributed by atoms with Gasteiger partial charge in [0.2, 0.25) is 5.76 Å². The van der Waals surface area contributed by atoms with Gasteiger partial charge in [-0.1, -0.05) is 5.16 Å². The molecule has 0 radical (unpaired) electrons. The quantitative estimate of drug-likeness (QED) is 0.880. The molecule has 0 spiro atoms. The Labute approximate surface area is 120 Å². The number of rotatable bonds is 2. The van der Waals surface area contributed by atoms with E-state index < -0.39 is 12.0 Å². The molecular weight excluding hydrogens is 274 g/mol. The maximum Gasteiger partial charge on any atom is 0.294 e. The monoisotopic (exact) mass is 287 g/mol. The maximum absolute atomic E-state index is 11.9. The second kappa shape index (κ2) is 4.93. The van der Waals surface area contributed by atoms with Crippen molar-refractivity contribution in [2.75, 3.05) is 10.6 Å². The van der Waals surface area contributed by atoms with Crippen molar-refractivity contribution < 1.29 is 18.8 Å². The molecule has 3 rings (SSSR count). The van der Waals surface area contributed by atoms with Crippen molar-refractivity contribution in [1.29, 1.82) is 0 Å². The second-order valence-corrected chi connectivity index (χ2v) is 4.75. The number of nitrogens with zero attached hydrogens (tertiary/aromatic N) is 1. The summed E-state index contributed by atoms with van der Waals surface area (Å²) in [5.41, 5.74) is 1.66. The largest absolute Gasteiger partial charge is 0.479 e. The van der Waals surface area contributed by atoms with Crippen LogP contribution in [0.25, 0.3) is 0 Å². The van der Waals surface area contributed by atoms with Crippen molar-refractivity contribution in [3.05, 3.63) is 35.7 Å². The molecule has 0 aliphatic carbocycles. The number of anilines is 2. The van der Waals surface area contributed by atoms with Gasteiger partial charge < -0.3 is 19.9 Å². The van der Waals surface area contributed by atoms with Crippen LogP contribution in [-0.4, -0.2) is 23.1 Å². The number of benzene rings is 1. The molecule has 1 unspecified atom stereocenters. The fourth-order valence-electron chi connectivity index (χ4n) is 1.95. The average molecular weight is 287 g/mol. The maximum atomic E-state index is 11.9. The van der Waals surface area contributed by atoms with Gasteiger partial charge in [-0.3, -0.25) is 9.59 Å². The Bertz CT molecular complexity index is 723. The van der Waals surface area contributed by atoms with E-state index in [0.29, 0.717) is 22.8 Å². The van der Waals surface area contributed by atoms with E-state index in [-0.39, 0.29) is 11.7 Å². The van der Waals surface area contributed by atoms with E-state index in [0.717, 1.165) is 0 Å². The van der Waals surface area contributed by atoms with Gasteiger partial charge >= 0.3 is 0 Å². The smallest absolute Gasteiger partial charge is 0.294 e. The minimum absolute atomic E-state index is 0.124. The molecule has 1 aromatic heterocycles. The summed E-state index contributed by atoms with van der Waals surface area (Å²) in [5, 5.41) is 9.04. The summed E-state index contributed by atoms with van der Waals surface area (Å²) in [6, 6.07) is 6.54. The molecule has 0 saturated heterocycles. The van der Waals surface area contributed by atoms with E-state index in [1.54, 1.807) is 38.1 Å². The van der Waals surface area contributed by atoms with Crippen molar-refractivity contribution >= 4 is 23.2 Å². The summed E-state index contributed by atoms with van der Waals surface area (Å²) in [4.78, 5) is 23.5. The number of fused-ring (bicyclic) bond motifs is 1. The van der Waals surface area contributed by atoms with Gasteiger partial charge in [0.1, 0.15) is 5.75 Å². The van der Waals surface area contributed by atoms with Crippen molar-refractivity contribution in [3.63, 3.8) is 0 Å². The van der Waals surface area contributed by atoms with Crippen LogP contribution in [0.5, 0.6) is 5.75 Å². The highest BCUT2D eigenvalue weighted by Crippen LogP contribution is 2.32. The van der Waals surface area contributed by atoms with Crippen LogP contribution in [0.2, 0.25) is 0 Å². The van der Waals surface area contributed by atoms with Gasteiger partial charge in [0, 0.05) is 11.8 Å². The summed E-state index contributed by atoms with van der Waals surface area (Å²) < 4.78 is 10.3. The van der Waals surface area contributed by atoms with Gasteiger partial charge in [-0.15, -0.1) is 0 Å². The number of carbonyl (C=O) groups excluding carboxylic acids is 2. The molecule has 21 heavy (non-hydrogen) atoms. The number of ether oxygens (including phenoxy) is 1. The number of carbonyl (C=O) groups is 2. The molecule has 2 heterocycles. The lowest BCUT2D eigenvalue weighted by Gasteiger charge is -2.23. The summed E-state index contributed by atoms with van der Waals surface area (Å²) in [5.74, 6) is 0.0542. The summed E-state index contributed by atoms with van der Waals surface area (Å²) in [6.07, 6.45) is -0.532. The van der Waals surface area contributed by atoms with E-state index in [2.05, 4.69) is 15.8 Å². The highest BCUT2D eigenvalue weighted by molar-refractivity contribution is 6.03. The third kappa shape index (κ3) is 2.58. The predicted molar refractivity (Wildman–Crippen MR) is 74.4 cm³/mol. The molecule has 7 nitrogen and oxygen atoms in total. The third-order valence-corrected chi connectivity index (χ3v) is 3.02. The minimum Gasteiger partial charge on any atom is -0.479 e. The zero-order valence-electron chi connectivity index (χ0n) is 11.5. The Kier molecular flexibility index (Phi) is 3.09. The normalized spacial score (nSPS) is 16.7. The number of hydrogen-bond donors (Lipinski definition) is 2. The number of hydrogen-bond acceptors (Lipinski definition) is 5. The zero-order valence-corrected chi connectivity index (χ0v) is 11.5. The summed E-state index contributed by atoms with van der Waals surface area (Å²) >= 11 is 0. The lowest BCUT2D eigenvalue weighted by molar-refractivity contribution is -0.122. The predicted octanol–water partition coefficient (Wildman–Crippen LogP) is 1.95. The van der Waals surface area contributed by atoms with Crippen molar-refractivity contribution in [3.8, 4) is 5.75 Å². The third-order valence-electron chi connectivity index (χ3n) is 3.02. The Hall–Kier alpha value is -2.83. The molecule has 0 fully saturated rings. The molecule has 108 valence electrons. The number of nitrogens with one attached hydrogen (secondary N) is 2. The first kappa shape index (κ1) is 13.2. The Morgan fingerprint density at radius 1 is 1.38 bits per heavy atom. The molecule has 2 N–H and O–H groups in total. The van der Waals surface area contributed by atoms with Gasteiger partial charge in [-0.2, -0.15) is 0 Å². The standard InChI is InChI=1S/C14H13N3O4/c1-7-5-12(21-17-7)14(19)15-9-3-4-11-10(6-9)16-13(18)8(2)20-11/h3-6,8H,1-2H3,(H,15,19)(H,16,18). The molecule has 1 aliphatic rings. The van der Waals surface area contributed by atoms with E-state index in [9.17, 15) is 9.59 Å². The van der Waals surface area contributed by atoms with Crippen molar-refractivity contribution in [2.24, 2.45) is 0 Å². The van der Waals surface area contributed by atoms with Crippen molar-refractivity contribution in [1.82, 2.24) is 5.16 Å². The van der Waals surface area contributed by atoms with Crippen molar-refractivity contribution in [2.45, 2.75) is 20.0 Å². The highest BCUT2D eigenvalue weighted by atomic mass is 16.5. The Morgan fingerprint density at radius 2 is 2.19 bits per heavy atom. The van der Waals surface area contributed by atoms with E-state index in [1.165, 1.54) is 0 Å². The van der Waals surface area contributed by atoms with Crippen LogP contribution in [0.3, 0.4) is 0 Å². The van der Waals surface area contributed by atoms with Gasteiger partial charge in [0.25, 0.3) is 11.8 Å². The number of amides is 2. The van der Waals surface area contributed by atoms with Gasteiger partial charge in [0.05, 0.1) is 11.4 Å². The first-order valence-electron chi connectivity index (χ1n) is 6.39. The van der Waals surface area contributed by atoms with Crippen LogP contribution in [-0.2, 0) is 4.79 Å². The first-order valence-corrected chi connectivity index (χ1v) is 6.39. The Morgan fingerprint density at radius 3 is 2.90 bits per heavy atom. The molecule has 0 saturated carbocycles. The van der Waals surface area contributed by atoms with E-state index in [4.69, 9.17) is 9.26 Å². The number of aromatic nitrogens is 1. The zero-order chi connectivity index (χ0) is 15.0. The van der Waals surface area contributed by atoms with Gasteiger partial charge in [-0.25, -0.2) is 0 Å². The molecule has 1 atom stereocenters. The van der Waals surface area contributed by atoms with Crippen LogP contribution < -0.4 is 15.4 Å². The van der Waals surface area contributed by atoms with E-state index in [1.807, 2.05) is 0 Å². The molecular formula is C14H13N3O4. The second-order valence-electron chi connectivity index (χ2n) is 4.75. The van der Waals surface area contributed by atoms with Crippen LogP contribution in [0, 0.1) is 6.92 Å². The van der Waals surface area contributed by atoms with Crippen LogP contribution in [0.15, 0.2) is 28.8 Å².